The number of aryl methyl sites for hydroxylation is 1. The van der Waals surface area contributed by atoms with Crippen LogP contribution in [0.5, 0.6) is 0 Å². The molecule has 1 saturated heterocycles. The largest absolute Gasteiger partial charge is 0.368 e. The number of hydrogen-bond acceptors (Lipinski definition) is 6. The summed E-state index contributed by atoms with van der Waals surface area (Å²) < 4.78 is 0. The Morgan fingerprint density at radius 3 is 2.46 bits per heavy atom. The Bertz CT molecular complexity index is 919. The van der Waals surface area contributed by atoms with Gasteiger partial charge in [-0.25, -0.2) is 9.97 Å². The van der Waals surface area contributed by atoms with Crippen molar-refractivity contribution in [2.75, 3.05) is 41.3 Å². The lowest BCUT2D eigenvalue weighted by atomic mass is 10.1. The van der Waals surface area contributed by atoms with Crippen molar-refractivity contribution in [2.45, 2.75) is 20.4 Å². The van der Waals surface area contributed by atoms with Crippen LogP contribution in [-0.2, 0) is 6.54 Å². The summed E-state index contributed by atoms with van der Waals surface area (Å²) in [5.74, 6) is 1.83. The van der Waals surface area contributed by atoms with Crippen LogP contribution in [-0.4, -0.2) is 41.1 Å². The molecule has 3 heterocycles. The van der Waals surface area contributed by atoms with Gasteiger partial charge in [0.05, 0.1) is 0 Å². The van der Waals surface area contributed by atoms with Gasteiger partial charge in [-0.3, -0.25) is 4.98 Å². The maximum Gasteiger partial charge on any atom is 0.134 e. The maximum absolute atomic E-state index is 4.49. The molecule has 3 aromatic rings. The van der Waals surface area contributed by atoms with Gasteiger partial charge in [0.15, 0.2) is 0 Å². The molecule has 1 fully saturated rings. The van der Waals surface area contributed by atoms with Crippen LogP contribution >= 0.6 is 0 Å². The predicted octanol–water partition coefficient (Wildman–Crippen LogP) is 3.43. The molecule has 0 unspecified atom stereocenters. The highest BCUT2D eigenvalue weighted by molar-refractivity contribution is 5.57. The summed E-state index contributed by atoms with van der Waals surface area (Å²) >= 11 is 0. The molecule has 4 rings (SSSR count). The van der Waals surface area contributed by atoms with Crippen molar-refractivity contribution >= 4 is 17.3 Å². The molecule has 6 heteroatoms. The van der Waals surface area contributed by atoms with E-state index in [1.54, 1.807) is 18.7 Å². The number of pyridine rings is 1. The van der Waals surface area contributed by atoms with Crippen LogP contribution in [0.4, 0.5) is 17.3 Å². The second kappa shape index (κ2) is 8.25. The maximum atomic E-state index is 4.49. The fraction of sp³-hybridized carbons (Fsp3) is 0.318. The van der Waals surface area contributed by atoms with Gasteiger partial charge in [0.2, 0.25) is 0 Å². The molecule has 28 heavy (non-hydrogen) atoms. The van der Waals surface area contributed by atoms with E-state index in [0.29, 0.717) is 0 Å². The van der Waals surface area contributed by atoms with Gasteiger partial charge < -0.3 is 15.1 Å². The first kappa shape index (κ1) is 18.2. The lowest BCUT2D eigenvalue weighted by molar-refractivity contribution is 0.645. The number of benzene rings is 1. The van der Waals surface area contributed by atoms with Gasteiger partial charge in [-0.2, -0.15) is 0 Å². The zero-order valence-electron chi connectivity index (χ0n) is 16.5. The quantitative estimate of drug-likeness (QED) is 0.738. The van der Waals surface area contributed by atoms with Crippen molar-refractivity contribution in [1.29, 1.82) is 0 Å². The molecule has 0 saturated carbocycles. The smallest absolute Gasteiger partial charge is 0.134 e. The lowest BCUT2D eigenvalue weighted by Crippen LogP contribution is -2.47. The van der Waals surface area contributed by atoms with Gasteiger partial charge in [-0.15, -0.1) is 0 Å². The third kappa shape index (κ3) is 4.06. The van der Waals surface area contributed by atoms with E-state index in [-0.39, 0.29) is 0 Å². The number of piperazine rings is 1. The summed E-state index contributed by atoms with van der Waals surface area (Å²) in [6.07, 6.45) is 5.25. The molecule has 0 spiro atoms. The predicted molar refractivity (Wildman–Crippen MR) is 114 cm³/mol. The molecule has 0 bridgehead atoms. The van der Waals surface area contributed by atoms with E-state index < -0.39 is 0 Å². The first-order valence-corrected chi connectivity index (χ1v) is 9.71. The Hall–Kier alpha value is -3.15. The topological polar surface area (TPSA) is 57.2 Å². The first-order valence-electron chi connectivity index (χ1n) is 9.71. The SMILES string of the molecule is Cc1cccc(N2CCN(c3cc(NCc4ccncc4)ncn3)CC2)c1C. The third-order valence-corrected chi connectivity index (χ3v) is 5.40. The van der Waals surface area contributed by atoms with Crippen molar-refractivity contribution in [2.24, 2.45) is 0 Å². The minimum absolute atomic E-state index is 0.722. The zero-order valence-corrected chi connectivity index (χ0v) is 16.5. The average Bonchev–Trinajstić information content (AvgIpc) is 2.75. The summed E-state index contributed by atoms with van der Waals surface area (Å²) in [5, 5.41) is 3.37. The molecule has 2 aromatic heterocycles. The second-order valence-corrected chi connectivity index (χ2v) is 7.16. The number of nitrogens with one attached hydrogen (secondary N) is 1. The summed E-state index contributed by atoms with van der Waals surface area (Å²) in [6.45, 7) is 9.00. The molecular formula is C22H26N6. The van der Waals surface area contributed by atoms with Gasteiger partial charge in [0.25, 0.3) is 0 Å². The van der Waals surface area contributed by atoms with E-state index in [9.17, 15) is 0 Å². The van der Waals surface area contributed by atoms with Crippen LogP contribution in [0.2, 0.25) is 0 Å². The van der Waals surface area contributed by atoms with E-state index in [0.717, 1.165) is 44.4 Å². The Morgan fingerprint density at radius 1 is 0.929 bits per heavy atom. The summed E-state index contributed by atoms with van der Waals surface area (Å²) in [5.41, 5.74) is 5.25. The standard InChI is InChI=1S/C22H26N6/c1-17-4-3-5-20(18(17)2)27-10-12-28(13-11-27)22-14-21(25-16-26-22)24-15-19-6-8-23-9-7-19/h3-9,14,16H,10-13,15H2,1-2H3,(H,24,25,26). The summed E-state index contributed by atoms with van der Waals surface area (Å²) in [7, 11) is 0. The van der Waals surface area contributed by atoms with Crippen LogP contribution in [0.3, 0.4) is 0 Å². The fourth-order valence-corrected chi connectivity index (χ4v) is 3.56. The molecule has 0 radical (unpaired) electrons. The van der Waals surface area contributed by atoms with Crippen LogP contribution in [0.1, 0.15) is 16.7 Å². The number of aromatic nitrogens is 3. The van der Waals surface area contributed by atoms with Crippen LogP contribution in [0.15, 0.2) is 55.1 Å². The Morgan fingerprint density at radius 2 is 1.68 bits per heavy atom. The highest BCUT2D eigenvalue weighted by atomic mass is 15.3. The Balaban J connectivity index is 1.39. The monoisotopic (exact) mass is 374 g/mol. The van der Waals surface area contributed by atoms with Crippen LogP contribution < -0.4 is 15.1 Å². The minimum atomic E-state index is 0.722. The molecule has 0 aliphatic carbocycles. The molecule has 1 aliphatic rings. The highest BCUT2D eigenvalue weighted by Crippen LogP contribution is 2.25. The number of nitrogens with zero attached hydrogens (tertiary/aromatic N) is 5. The average molecular weight is 374 g/mol. The number of hydrogen-bond donors (Lipinski definition) is 1. The van der Waals surface area contributed by atoms with E-state index in [2.05, 4.69) is 62.1 Å². The summed E-state index contributed by atoms with van der Waals surface area (Å²) in [4.78, 5) is 17.7. The van der Waals surface area contributed by atoms with Crippen molar-refractivity contribution in [3.05, 3.63) is 71.8 Å². The van der Waals surface area contributed by atoms with Crippen LogP contribution in [0, 0.1) is 13.8 Å². The molecule has 0 atom stereocenters. The number of rotatable bonds is 5. The van der Waals surface area contributed by atoms with Gasteiger partial charge in [0, 0.05) is 56.9 Å². The highest BCUT2D eigenvalue weighted by Gasteiger charge is 2.20. The van der Waals surface area contributed by atoms with Gasteiger partial charge in [0.1, 0.15) is 18.0 Å². The van der Waals surface area contributed by atoms with E-state index in [1.165, 1.54) is 22.4 Å². The third-order valence-electron chi connectivity index (χ3n) is 5.40. The van der Waals surface area contributed by atoms with Gasteiger partial charge in [-0.05, 0) is 48.7 Å². The zero-order chi connectivity index (χ0) is 19.3. The molecule has 1 N–H and O–H groups in total. The normalized spacial score (nSPS) is 14.2. The van der Waals surface area contributed by atoms with E-state index in [1.807, 2.05) is 18.2 Å². The fourth-order valence-electron chi connectivity index (χ4n) is 3.56. The van der Waals surface area contributed by atoms with Crippen molar-refractivity contribution < 1.29 is 0 Å². The first-order chi connectivity index (χ1) is 13.7. The van der Waals surface area contributed by atoms with Gasteiger partial charge in [-0.1, -0.05) is 12.1 Å². The molecule has 1 aromatic carbocycles. The summed E-state index contributed by atoms with van der Waals surface area (Å²) in [6, 6.07) is 12.6. The van der Waals surface area contributed by atoms with Crippen LogP contribution in [0.25, 0.3) is 0 Å². The Kier molecular flexibility index (Phi) is 5.37. The lowest BCUT2D eigenvalue weighted by Gasteiger charge is -2.37. The van der Waals surface area contributed by atoms with Crippen molar-refractivity contribution in [1.82, 2.24) is 15.0 Å². The Labute approximate surface area is 166 Å². The minimum Gasteiger partial charge on any atom is -0.368 e. The molecular weight excluding hydrogens is 348 g/mol. The van der Waals surface area contributed by atoms with Gasteiger partial charge >= 0.3 is 0 Å². The molecule has 0 amide bonds. The second-order valence-electron chi connectivity index (χ2n) is 7.16. The number of anilines is 3. The molecule has 6 nitrogen and oxygen atoms in total. The van der Waals surface area contributed by atoms with Crippen molar-refractivity contribution in [3.63, 3.8) is 0 Å². The molecule has 1 aliphatic heterocycles. The van der Waals surface area contributed by atoms with E-state index in [4.69, 9.17) is 0 Å². The van der Waals surface area contributed by atoms with E-state index >= 15 is 0 Å². The molecule has 144 valence electrons. The van der Waals surface area contributed by atoms with Crippen molar-refractivity contribution in [3.8, 4) is 0 Å².